The second-order valence-corrected chi connectivity index (χ2v) is 27.1. The summed E-state index contributed by atoms with van der Waals surface area (Å²) in [5, 5.41) is 16.9. The Kier molecular flexibility index (Phi) is 17.6. The maximum absolute atomic E-state index is 15.0. The number of nitrogen functional groups attached to an aromatic ring is 1. The lowest BCUT2D eigenvalue weighted by molar-refractivity contribution is -0.155. The number of carbonyl (C=O) groups excluding carboxylic acids is 4. The van der Waals surface area contributed by atoms with Crippen molar-refractivity contribution < 1.29 is 43.1 Å². The molecule has 4 aliphatic heterocycles. The first-order valence-electron chi connectivity index (χ1n) is 28.2. The summed E-state index contributed by atoms with van der Waals surface area (Å²) in [6.07, 6.45) is 3.97. The number of anilines is 1. The van der Waals surface area contributed by atoms with Gasteiger partial charge in [-0.05, 0) is 122 Å². The van der Waals surface area contributed by atoms with Crippen LogP contribution in [0, 0.1) is 23.2 Å². The molecule has 5 aromatic rings. The molecule has 6 bridgehead atoms. The molecule has 18 heteroatoms. The molecule has 6 atom stereocenters. The van der Waals surface area contributed by atoms with E-state index in [2.05, 4.69) is 71.0 Å². The number of hydrogen-bond donors (Lipinski definition) is 4. The second-order valence-electron chi connectivity index (χ2n) is 23.6. The quantitative estimate of drug-likeness (QED) is 0.0432. The average Bonchev–Trinajstić information content (AvgIpc) is 4.14. The molecule has 0 saturated carbocycles. The molecule has 0 spiro atoms. The summed E-state index contributed by atoms with van der Waals surface area (Å²) in [5.41, 5.74) is 17.4. The molecule has 5 N–H and O–H groups in total. The molecule has 426 valence electrons. The number of nitrogens with two attached hydrogens (primary N) is 1. The SMILES string of the molecule is CCn1c(-c2cc(C#CCN3CCP(C)(=O)CC3)cnc2C(C)OC)c2c3cc(ccc31)-c1cc(O)cc(c1)CC(NC(=O)C(C(C)C)N(C)C(=O)C1OCCC1c1ccc(N)cc1)C(=O)N1CCCC(N1)C(=O)OCC(C)(C)C2. The predicted molar refractivity (Wildman–Crippen MR) is 311 cm³/mol. The zero-order valence-corrected chi connectivity index (χ0v) is 48.7. The van der Waals surface area contributed by atoms with Gasteiger partial charge >= 0.3 is 5.97 Å². The number of carbonyl (C=O) groups is 4. The van der Waals surface area contributed by atoms with Crippen molar-refractivity contribution in [3.05, 3.63) is 101 Å². The van der Waals surface area contributed by atoms with Gasteiger partial charge in [-0.1, -0.05) is 63.8 Å². The standard InChI is InChI=1S/C62H79N8O9P/c1-10-69-53-20-17-43-34-48(53)50(56(69)49-31-40(36-64-54(49)39(4)77-8)13-11-22-68-24-27-80(9,76)28-25-68)35-62(5,6)37-79-61(75)51-14-12-23-70(66-51)59(73)52(32-41-29-44(43)33-46(71)30-41)65-58(72)55(38(2)3)67(7)60(74)57-47(21-26-78-57)42-15-18-45(63)19-16-42/h15-20,29-31,33-34,36,38-39,47,51-52,55,57,66,71H,10,12,14,21-28,32,35,37,63H2,1-9H3,(H,65,72). The van der Waals surface area contributed by atoms with E-state index < -0.39 is 54.6 Å². The summed E-state index contributed by atoms with van der Waals surface area (Å²) in [6, 6.07) is 17.9. The largest absolute Gasteiger partial charge is 0.508 e. The fraction of sp³-hybridized carbons (Fsp3) is 0.500. The van der Waals surface area contributed by atoms with Crippen LogP contribution in [0.5, 0.6) is 5.75 Å². The third-order valence-corrected chi connectivity index (χ3v) is 18.7. The first kappa shape index (κ1) is 58.1. The third-order valence-electron chi connectivity index (χ3n) is 16.4. The van der Waals surface area contributed by atoms with Crippen LogP contribution >= 0.6 is 7.14 Å². The highest BCUT2D eigenvalue weighted by atomic mass is 31.2. The van der Waals surface area contributed by atoms with Gasteiger partial charge < -0.3 is 44.4 Å². The number of hydrogen-bond acceptors (Lipinski definition) is 13. The van der Waals surface area contributed by atoms with Crippen LogP contribution in [0.15, 0.2) is 72.9 Å². The summed E-state index contributed by atoms with van der Waals surface area (Å²) in [7, 11) is 1.19. The van der Waals surface area contributed by atoms with E-state index >= 15 is 0 Å². The van der Waals surface area contributed by atoms with Crippen molar-refractivity contribution in [1.29, 1.82) is 0 Å². The smallest absolute Gasteiger partial charge is 0.324 e. The molecule has 2 aromatic heterocycles. The fourth-order valence-electron chi connectivity index (χ4n) is 12.0. The number of nitrogens with one attached hydrogen (secondary N) is 2. The first-order valence-corrected chi connectivity index (χ1v) is 30.7. The number of phenolic OH excluding ortho intramolecular Hbond substituents is 1. The second kappa shape index (κ2) is 24.3. The van der Waals surface area contributed by atoms with Crippen LogP contribution in [0.1, 0.15) is 101 Å². The highest BCUT2D eigenvalue weighted by molar-refractivity contribution is 7.63. The van der Waals surface area contributed by atoms with Gasteiger partial charge in [-0.2, -0.15) is 0 Å². The highest BCUT2D eigenvalue weighted by Crippen LogP contribution is 2.44. The van der Waals surface area contributed by atoms with Crippen LogP contribution in [0.2, 0.25) is 0 Å². The number of esters is 1. The zero-order valence-electron chi connectivity index (χ0n) is 47.8. The Morgan fingerprint density at radius 2 is 1.77 bits per heavy atom. The van der Waals surface area contributed by atoms with Crippen molar-refractivity contribution in [3.8, 4) is 40.0 Å². The zero-order chi connectivity index (χ0) is 57.2. The number of amides is 3. The van der Waals surface area contributed by atoms with Crippen LogP contribution in [-0.4, -0.2) is 150 Å². The highest BCUT2D eigenvalue weighted by Gasteiger charge is 2.42. The molecule has 3 fully saturated rings. The lowest BCUT2D eigenvalue weighted by Gasteiger charge is -2.37. The first-order chi connectivity index (χ1) is 38.1. The van der Waals surface area contributed by atoms with Crippen molar-refractivity contribution in [1.82, 2.24) is 35.1 Å². The van der Waals surface area contributed by atoms with Crippen LogP contribution < -0.4 is 16.5 Å². The monoisotopic (exact) mass is 1110 g/mol. The van der Waals surface area contributed by atoms with E-state index in [1.54, 1.807) is 44.6 Å². The Balaban J connectivity index is 1.10. The number of methoxy groups -OCH3 is 1. The molecule has 6 unspecified atom stereocenters. The van der Waals surface area contributed by atoms with Crippen molar-refractivity contribution in [2.24, 2.45) is 11.3 Å². The summed E-state index contributed by atoms with van der Waals surface area (Å²) >= 11 is 0. The third kappa shape index (κ3) is 12.8. The number of fused-ring (bicyclic) bond motifs is 6. The fourth-order valence-corrected chi connectivity index (χ4v) is 13.6. The van der Waals surface area contributed by atoms with Gasteiger partial charge in [0.15, 0.2) is 0 Å². The molecule has 0 aliphatic carbocycles. The van der Waals surface area contributed by atoms with E-state index in [-0.39, 0.29) is 49.2 Å². The van der Waals surface area contributed by atoms with Crippen molar-refractivity contribution in [2.45, 2.75) is 116 Å². The van der Waals surface area contributed by atoms with Gasteiger partial charge in [0.05, 0.1) is 37.8 Å². The molecule has 3 aromatic carbocycles. The number of pyridine rings is 1. The maximum Gasteiger partial charge on any atom is 0.324 e. The van der Waals surface area contributed by atoms with E-state index in [9.17, 15) is 28.8 Å². The topological polar surface area (TPSA) is 211 Å². The molecule has 6 heterocycles. The summed E-state index contributed by atoms with van der Waals surface area (Å²) in [4.78, 5) is 67.1. The lowest BCUT2D eigenvalue weighted by atomic mass is 9.84. The lowest BCUT2D eigenvalue weighted by Crippen LogP contribution is -2.62. The Bertz CT molecular complexity index is 3240. The number of rotatable bonds is 11. The van der Waals surface area contributed by atoms with Crippen molar-refractivity contribution >= 4 is 47.4 Å². The Hall–Kier alpha value is -6.54. The van der Waals surface area contributed by atoms with Crippen LogP contribution in [0.4, 0.5) is 5.69 Å². The van der Waals surface area contributed by atoms with Gasteiger partial charge in [-0.25, -0.2) is 5.43 Å². The summed E-state index contributed by atoms with van der Waals surface area (Å²) in [6.45, 7) is 17.2. The number of hydrazine groups is 1. The Morgan fingerprint density at radius 1 is 1.02 bits per heavy atom. The molecule has 4 aliphatic rings. The van der Waals surface area contributed by atoms with Gasteiger partial charge in [-0.15, -0.1) is 0 Å². The molecular formula is C62H79N8O9P. The number of aromatic nitrogens is 2. The van der Waals surface area contributed by atoms with Gasteiger partial charge in [0.1, 0.15) is 30.0 Å². The minimum Gasteiger partial charge on any atom is -0.508 e. The molecule has 3 saturated heterocycles. The summed E-state index contributed by atoms with van der Waals surface area (Å²) < 4.78 is 33.2. The van der Waals surface area contributed by atoms with E-state index in [1.165, 1.54) is 9.91 Å². The number of ether oxygens (including phenoxy) is 3. The number of nitrogens with zero attached hydrogens (tertiary/aromatic N) is 5. The predicted octanol–water partition coefficient (Wildman–Crippen LogP) is 7.75. The van der Waals surface area contributed by atoms with E-state index in [4.69, 9.17) is 24.9 Å². The van der Waals surface area contributed by atoms with E-state index in [1.807, 2.05) is 51.7 Å². The van der Waals surface area contributed by atoms with Gasteiger partial charge in [0.2, 0.25) is 5.91 Å². The van der Waals surface area contributed by atoms with Gasteiger partial charge in [0.25, 0.3) is 11.8 Å². The molecule has 17 nitrogen and oxygen atoms in total. The molecule has 9 rings (SSSR count). The average molecular weight is 1110 g/mol. The van der Waals surface area contributed by atoms with Crippen LogP contribution in [0.25, 0.3) is 33.3 Å². The molecular weight excluding hydrogens is 1030 g/mol. The number of benzene rings is 3. The number of aromatic hydroxyl groups is 1. The maximum atomic E-state index is 15.0. The normalized spacial score (nSPS) is 22.2. The minimum absolute atomic E-state index is 0.0259. The number of likely N-dealkylation sites (N-methyl/N-ethyl adjacent to an activating group) is 1. The number of aryl methyl sites for hydroxylation is 1. The summed E-state index contributed by atoms with van der Waals surface area (Å²) in [5.74, 6) is 4.24. The number of phenols is 1. The van der Waals surface area contributed by atoms with E-state index in [0.717, 1.165) is 63.2 Å². The molecule has 0 radical (unpaired) electrons. The minimum atomic E-state index is -2.08. The molecule has 80 heavy (non-hydrogen) atoms. The van der Waals surface area contributed by atoms with Gasteiger partial charge in [-0.3, -0.25) is 34.1 Å². The number of cyclic esters (lactones) is 1. The Morgan fingerprint density at radius 3 is 2.49 bits per heavy atom. The Labute approximate surface area is 470 Å². The van der Waals surface area contributed by atoms with Crippen LogP contribution in [0.3, 0.4) is 0 Å². The van der Waals surface area contributed by atoms with Crippen molar-refractivity contribution in [3.63, 3.8) is 0 Å². The van der Waals surface area contributed by atoms with E-state index in [0.29, 0.717) is 74.5 Å². The van der Waals surface area contributed by atoms with Gasteiger partial charge in [0, 0.05) is 111 Å². The molecule has 3 amide bonds. The van der Waals surface area contributed by atoms with Crippen molar-refractivity contribution in [2.75, 3.05) is 78.3 Å². The van der Waals surface area contributed by atoms with Crippen LogP contribution in [-0.2, 0) is 57.3 Å².